The summed E-state index contributed by atoms with van der Waals surface area (Å²) in [5.41, 5.74) is 1.74. The first kappa shape index (κ1) is 8.18. The van der Waals surface area contributed by atoms with Gasteiger partial charge in [0.15, 0.2) is 0 Å². The van der Waals surface area contributed by atoms with Gasteiger partial charge in [-0.3, -0.25) is 0 Å². The predicted molar refractivity (Wildman–Crippen MR) is 46.7 cm³/mol. The second-order valence-electron chi connectivity index (χ2n) is 2.16. The van der Waals surface area contributed by atoms with Gasteiger partial charge in [-0.1, -0.05) is 6.07 Å². The van der Waals surface area contributed by atoms with E-state index in [-0.39, 0.29) is 0 Å². The second-order valence-corrected chi connectivity index (χ2v) is 3.01. The van der Waals surface area contributed by atoms with E-state index in [0.29, 0.717) is 5.69 Å². The van der Waals surface area contributed by atoms with Gasteiger partial charge in [-0.2, -0.15) is 4.99 Å². The average molecular weight is 212 g/mol. The molecule has 0 amide bonds. The van der Waals surface area contributed by atoms with Crippen LogP contribution in [0.1, 0.15) is 5.56 Å². The Balaban J connectivity index is 3.19. The van der Waals surface area contributed by atoms with Crippen LogP contribution in [0, 0.1) is 6.92 Å². The fraction of sp³-hybridized carbons (Fsp3) is 0.125. The Bertz CT molecular complexity index is 316. The number of hydrogen-bond donors (Lipinski definition) is 0. The van der Waals surface area contributed by atoms with E-state index < -0.39 is 0 Å². The first-order chi connectivity index (χ1) is 5.24. The van der Waals surface area contributed by atoms with Crippen LogP contribution in [0.2, 0.25) is 0 Å². The van der Waals surface area contributed by atoms with Crippen molar-refractivity contribution in [1.82, 2.24) is 0 Å². The van der Waals surface area contributed by atoms with Crippen LogP contribution in [0.4, 0.5) is 5.69 Å². The monoisotopic (exact) mass is 211 g/mol. The van der Waals surface area contributed by atoms with Crippen molar-refractivity contribution in [2.24, 2.45) is 4.99 Å². The summed E-state index contributed by atoms with van der Waals surface area (Å²) in [5, 5.41) is 0. The molecule has 0 spiro atoms. The van der Waals surface area contributed by atoms with E-state index in [0.717, 1.165) is 10.0 Å². The highest BCUT2D eigenvalue weighted by Gasteiger charge is 1.95. The van der Waals surface area contributed by atoms with Crippen molar-refractivity contribution >= 4 is 27.7 Å². The molecule has 2 nitrogen and oxygen atoms in total. The molecule has 11 heavy (non-hydrogen) atoms. The highest BCUT2D eigenvalue weighted by molar-refractivity contribution is 9.10. The third-order valence-corrected chi connectivity index (χ3v) is 1.90. The number of benzene rings is 1. The minimum Gasteiger partial charge on any atom is -0.211 e. The molecule has 3 heteroatoms. The number of carbonyl (C=O) groups excluding carboxylic acids is 1. The Morgan fingerprint density at radius 3 is 2.82 bits per heavy atom. The van der Waals surface area contributed by atoms with Crippen LogP contribution in [0.25, 0.3) is 0 Å². The highest BCUT2D eigenvalue weighted by Crippen LogP contribution is 2.25. The Morgan fingerprint density at radius 2 is 2.27 bits per heavy atom. The van der Waals surface area contributed by atoms with Crippen molar-refractivity contribution < 1.29 is 4.79 Å². The van der Waals surface area contributed by atoms with Gasteiger partial charge in [0.05, 0.1) is 5.69 Å². The number of nitrogens with zero attached hydrogens (tertiary/aromatic N) is 1. The lowest BCUT2D eigenvalue weighted by Crippen LogP contribution is -1.72. The van der Waals surface area contributed by atoms with E-state index in [1.54, 1.807) is 6.07 Å². The van der Waals surface area contributed by atoms with Crippen LogP contribution < -0.4 is 0 Å². The van der Waals surface area contributed by atoms with Crippen molar-refractivity contribution in [1.29, 1.82) is 0 Å². The van der Waals surface area contributed by atoms with Crippen molar-refractivity contribution in [2.45, 2.75) is 6.92 Å². The molecular weight excluding hydrogens is 206 g/mol. The molecule has 1 aromatic rings. The zero-order valence-electron chi connectivity index (χ0n) is 5.97. The minimum atomic E-state index is 0.616. The fourth-order valence-corrected chi connectivity index (χ4v) is 1.33. The zero-order chi connectivity index (χ0) is 8.27. The molecular formula is C8H6BrNO. The maximum atomic E-state index is 9.90. The van der Waals surface area contributed by atoms with Crippen LogP contribution in [0.5, 0.6) is 0 Å². The second kappa shape index (κ2) is 3.46. The number of rotatable bonds is 1. The van der Waals surface area contributed by atoms with Crippen LogP contribution in [0.15, 0.2) is 27.7 Å². The van der Waals surface area contributed by atoms with Crippen LogP contribution in [0.3, 0.4) is 0 Å². The molecule has 56 valence electrons. The molecule has 1 aromatic carbocycles. The van der Waals surface area contributed by atoms with Crippen molar-refractivity contribution in [2.75, 3.05) is 0 Å². The Hall–Kier alpha value is -0.920. The first-order valence-electron chi connectivity index (χ1n) is 3.08. The molecule has 0 aliphatic rings. The predicted octanol–water partition coefficient (Wildman–Crippen LogP) is 2.72. The van der Waals surface area contributed by atoms with Crippen LogP contribution in [-0.2, 0) is 4.79 Å². The van der Waals surface area contributed by atoms with Gasteiger partial charge in [0, 0.05) is 4.47 Å². The third-order valence-electron chi connectivity index (χ3n) is 1.27. The van der Waals surface area contributed by atoms with Gasteiger partial charge < -0.3 is 0 Å². The number of aliphatic imine (C=N–C) groups is 1. The summed E-state index contributed by atoms with van der Waals surface area (Å²) >= 11 is 3.28. The van der Waals surface area contributed by atoms with Gasteiger partial charge in [0.1, 0.15) is 0 Å². The number of isocyanates is 1. The normalized spacial score (nSPS) is 8.91. The quantitative estimate of drug-likeness (QED) is 0.519. The van der Waals surface area contributed by atoms with Crippen LogP contribution in [-0.4, -0.2) is 6.08 Å². The average Bonchev–Trinajstić information content (AvgIpc) is 1.95. The largest absolute Gasteiger partial charge is 0.240 e. The van der Waals surface area contributed by atoms with Gasteiger partial charge >= 0.3 is 0 Å². The van der Waals surface area contributed by atoms with Gasteiger partial charge in [0.25, 0.3) is 0 Å². The molecule has 0 aliphatic carbocycles. The summed E-state index contributed by atoms with van der Waals surface area (Å²) in [6.45, 7) is 1.97. The number of hydrogen-bond acceptors (Lipinski definition) is 2. The Kier molecular flexibility index (Phi) is 2.58. The van der Waals surface area contributed by atoms with Gasteiger partial charge in [-0.25, -0.2) is 4.79 Å². The van der Waals surface area contributed by atoms with E-state index in [4.69, 9.17) is 0 Å². The molecule has 0 saturated heterocycles. The summed E-state index contributed by atoms with van der Waals surface area (Å²) in [5.74, 6) is 0. The summed E-state index contributed by atoms with van der Waals surface area (Å²) in [7, 11) is 0. The van der Waals surface area contributed by atoms with Crippen molar-refractivity contribution in [3.63, 3.8) is 0 Å². The summed E-state index contributed by atoms with van der Waals surface area (Å²) in [6.07, 6.45) is 1.49. The molecule has 0 bridgehead atoms. The molecule has 0 atom stereocenters. The molecule has 0 unspecified atom stereocenters. The maximum absolute atomic E-state index is 9.90. The first-order valence-corrected chi connectivity index (χ1v) is 3.87. The topological polar surface area (TPSA) is 29.4 Å². The summed E-state index contributed by atoms with van der Waals surface area (Å²) in [4.78, 5) is 13.4. The van der Waals surface area contributed by atoms with E-state index in [1.807, 2.05) is 19.1 Å². The lowest BCUT2D eigenvalue weighted by Gasteiger charge is -1.96. The zero-order valence-corrected chi connectivity index (χ0v) is 7.55. The lowest BCUT2D eigenvalue weighted by molar-refractivity contribution is 0.565. The van der Waals surface area contributed by atoms with Gasteiger partial charge in [-0.05, 0) is 40.5 Å². The van der Waals surface area contributed by atoms with E-state index in [2.05, 4.69) is 20.9 Å². The molecule has 1 rings (SSSR count). The SMILES string of the molecule is Cc1ccc(N=C=O)c(Br)c1. The van der Waals surface area contributed by atoms with E-state index in [1.165, 1.54) is 6.08 Å². The minimum absolute atomic E-state index is 0.616. The molecule has 0 saturated carbocycles. The van der Waals surface area contributed by atoms with Crippen molar-refractivity contribution in [3.05, 3.63) is 28.2 Å². The fourth-order valence-electron chi connectivity index (χ4n) is 0.752. The summed E-state index contributed by atoms with van der Waals surface area (Å²) in [6, 6.07) is 5.56. The van der Waals surface area contributed by atoms with E-state index >= 15 is 0 Å². The Labute approximate surface area is 73.1 Å². The molecule has 0 N–H and O–H groups in total. The van der Waals surface area contributed by atoms with Gasteiger partial charge in [-0.15, -0.1) is 0 Å². The van der Waals surface area contributed by atoms with Crippen molar-refractivity contribution in [3.8, 4) is 0 Å². The lowest BCUT2D eigenvalue weighted by atomic mass is 10.2. The maximum Gasteiger partial charge on any atom is 0.240 e. The standard InChI is InChI=1S/C8H6BrNO/c1-6-2-3-8(10-5-11)7(9)4-6/h2-4H,1H3. The molecule has 0 aliphatic heterocycles. The number of halogens is 1. The summed E-state index contributed by atoms with van der Waals surface area (Å²) < 4.78 is 0.820. The van der Waals surface area contributed by atoms with Crippen LogP contribution >= 0.6 is 15.9 Å². The molecule has 0 aromatic heterocycles. The highest BCUT2D eigenvalue weighted by atomic mass is 79.9. The van der Waals surface area contributed by atoms with Gasteiger partial charge in [0.2, 0.25) is 6.08 Å². The molecule has 0 heterocycles. The molecule has 0 fully saturated rings. The van der Waals surface area contributed by atoms with E-state index in [9.17, 15) is 4.79 Å². The third kappa shape index (κ3) is 2.00. The molecule has 0 radical (unpaired) electrons. The number of aryl methyl sites for hydroxylation is 1. The Morgan fingerprint density at radius 1 is 1.55 bits per heavy atom. The smallest absolute Gasteiger partial charge is 0.211 e.